The highest BCUT2D eigenvalue weighted by Crippen LogP contribution is 2.21. The number of carbonyl (C=O) groups excluding carboxylic acids is 1. The lowest BCUT2D eigenvalue weighted by Gasteiger charge is -2.25. The molecule has 2 unspecified atom stereocenters. The number of hydrogen-bond donors (Lipinski definition) is 1. The van der Waals surface area contributed by atoms with E-state index in [9.17, 15) is 4.79 Å². The van der Waals surface area contributed by atoms with Crippen LogP contribution in [0.25, 0.3) is 0 Å². The van der Waals surface area contributed by atoms with Gasteiger partial charge in [-0.2, -0.15) is 5.26 Å². The first-order chi connectivity index (χ1) is 8.64. The molecule has 4 heteroatoms. The molecular formula is C14H16N2O2. The first-order valence-electron chi connectivity index (χ1n) is 5.99. The van der Waals surface area contributed by atoms with Crippen molar-refractivity contribution >= 4 is 5.91 Å². The Hall–Kier alpha value is -1.86. The summed E-state index contributed by atoms with van der Waals surface area (Å²) >= 11 is 0. The van der Waals surface area contributed by atoms with Gasteiger partial charge in [0.05, 0.1) is 18.2 Å². The summed E-state index contributed by atoms with van der Waals surface area (Å²) in [7, 11) is 0. The maximum Gasteiger partial charge on any atom is 0.242 e. The van der Waals surface area contributed by atoms with Crippen LogP contribution in [0.3, 0.4) is 0 Å². The molecule has 1 aromatic rings. The van der Waals surface area contributed by atoms with E-state index in [-0.39, 0.29) is 11.4 Å². The highest BCUT2D eigenvalue weighted by molar-refractivity contribution is 5.87. The van der Waals surface area contributed by atoms with Crippen LogP contribution in [0.4, 0.5) is 0 Å². The van der Waals surface area contributed by atoms with E-state index in [1.165, 1.54) is 0 Å². The summed E-state index contributed by atoms with van der Waals surface area (Å²) in [6, 6.07) is 11.2. The van der Waals surface area contributed by atoms with Crippen LogP contribution < -0.4 is 5.32 Å². The second-order valence-corrected chi connectivity index (χ2v) is 4.83. The molecule has 2 rings (SSSR count). The molecule has 4 nitrogen and oxygen atoms in total. The second kappa shape index (κ2) is 5.19. The van der Waals surface area contributed by atoms with Crippen molar-refractivity contribution in [2.45, 2.75) is 24.8 Å². The number of carbonyl (C=O) groups is 1. The Bertz CT molecular complexity index is 458. The van der Waals surface area contributed by atoms with Crippen molar-refractivity contribution in [3.63, 3.8) is 0 Å². The van der Waals surface area contributed by atoms with Gasteiger partial charge in [-0.1, -0.05) is 30.3 Å². The fraction of sp³-hybridized carbons (Fsp3) is 0.429. The maximum atomic E-state index is 12.1. The van der Waals surface area contributed by atoms with Crippen molar-refractivity contribution in [3.05, 3.63) is 35.9 Å². The molecule has 0 saturated carbocycles. The summed E-state index contributed by atoms with van der Waals surface area (Å²) in [4.78, 5) is 12.1. The molecule has 0 aromatic heterocycles. The van der Waals surface area contributed by atoms with Gasteiger partial charge < -0.3 is 10.1 Å². The van der Waals surface area contributed by atoms with Crippen LogP contribution in [-0.2, 0) is 9.53 Å². The summed E-state index contributed by atoms with van der Waals surface area (Å²) in [5, 5.41) is 12.1. The molecule has 1 saturated heterocycles. The number of rotatable bonds is 3. The van der Waals surface area contributed by atoms with Crippen LogP contribution in [0.2, 0.25) is 0 Å². The van der Waals surface area contributed by atoms with Gasteiger partial charge in [-0.25, -0.2) is 0 Å². The van der Waals surface area contributed by atoms with Gasteiger partial charge >= 0.3 is 0 Å². The Kier molecular flexibility index (Phi) is 3.63. The topological polar surface area (TPSA) is 62.1 Å². The number of hydrogen-bond acceptors (Lipinski definition) is 3. The van der Waals surface area contributed by atoms with Gasteiger partial charge in [-0.3, -0.25) is 4.79 Å². The van der Waals surface area contributed by atoms with Crippen molar-refractivity contribution in [3.8, 4) is 6.07 Å². The fourth-order valence-corrected chi connectivity index (χ4v) is 2.07. The molecule has 1 amide bonds. The quantitative estimate of drug-likeness (QED) is 0.878. The highest BCUT2D eigenvalue weighted by atomic mass is 16.5. The fourth-order valence-electron chi connectivity index (χ4n) is 2.07. The number of nitrogens with one attached hydrogen (secondary N) is 1. The van der Waals surface area contributed by atoms with E-state index < -0.39 is 5.92 Å². The Morgan fingerprint density at radius 1 is 1.50 bits per heavy atom. The molecule has 1 N–H and O–H groups in total. The molecule has 0 radical (unpaired) electrons. The van der Waals surface area contributed by atoms with Crippen LogP contribution in [0.1, 0.15) is 24.8 Å². The van der Waals surface area contributed by atoms with Gasteiger partial charge in [0.2, 0.25) is 5.91 Å². The van der Waals surface area contributed by atoms with Crippen molar-refractivity contribution in [2.24, 2.45) is 0 Å². The lowest BCUT2D eigenvalue weighted by molar-refractivity contribution is -0.123. The molecule has 1 heterocycles. The van der Waals surface area contributed by atoms with Crippen molar-refractivity contribution < 1.29 is 9.53 Å². The number of nitriles is 1. The highest BCUT2D eigenvalue weighted by Gasteiger charge is 2.33. The molecule has 0 aliphatic carbocycles. The molecule has 0 bridgehead atoms. The minimum absolute atomic E-state index is 0.253. The summed E-state index contributed by atoms with van der Waals surface area (Å²) in [6.07, 6.45) is 0.783. The molecule has 18 heavy (non-hydrogen) atoms. The Morgan fingerprint density at radius 3 is 2.78 bits per heavy atom. The Labute approximate surface area is 107 Å². The standard InChI is InChI=1S/C14H16N2O2/c1-14(7-8-18-10-14)16-13(17)12(9-15)11-5-3-2-4-6-11/h2-6,12H,7-8,10H2,1H3,(H,16,17). The molecule has 1 fully saturated rings. The number of ether oxygens (including phenoxy) is 1. The Balaban J connectivity index is 2.10. The lowest BCUT2D eigenvalue weighted by atomic mass is 9.96. The van der Waals surface area contributed by atoms with Gasteiger partial charge in [0.25, 0.3) is 0 Å². The van der Waals surface area contributed by atoms with E-state index in [4.69, 9.17) is 10.00 Å². The average molecular weight is 244 g/mol. The third-order valence-electron chi connectivity index (χ3n) is 3.17. The molecule has 1 aliphatic heterocycles. The van der Waals surface area contributed by atoms with Crippen molar-refractivity contribution in [2.75, 3.05) is 13.2 Å². The van der Waals surface area contributed by atoms with Crippen LogP contribution in [0.5, 0.6) is 0 Å². The Morgan fingerprint density at radius 2 is 2.22 bits per heavy atom. The first-order valence-corrected chi connectivity index (χ1v) is 5.99. The molecular weight excluding hydrogens is 228 g/mol. The van der Waals surface area contributed by atoms with Crippen LogP contribution in [0.15, 0.2) is 30.3 Å². The minimum Gasteiger partial charge on any atom is -0.379 e. The number of amides is 1. The van der Waals surface area contributed by atoms with Crippen molar-refractivity contribution in [1.82, 2.24) is 5.32 Å². The molecule has 1 aromatic carbocycles. The van der Waals surface area contributed by atoms with Crippen LogP contribution in [-0.4, -0.2) is 24.7 Å². The minimum atomic E-state index is -0.761. The van der Waals surface area contributed by atoms with Crippen molar-refractivity contribution in [1.29, 1.82) is 5.26 Å². The SMILES string of the molecule is CC1(NC(=O)C(C#N)c2ccccc2)CCOC1. The summed E-state index contributed by atoms with van der Waals surface area (Å²) in [5.41, 5.74) is 0.376. The van der Waals surface area contributed by atoms with Gasteiger partial charge in [-0.05, 0) is 18.9 Å². The summed E-state index contributed by atoms with van der Waals surface area (Å²) < 4.78 is 5.28. The van der Waals surface area contributed by atoms with Gasteiger partial charge in [0, 0.05) is 6.61 Å². The van der Waals surface area contributed by atoms with Crippen LogP contribution in [0, 0.1) is 11.3 Å². The zero-order valence-corrected chi connectivity index (χ0v) is 10.3. The van der Waals surface area contributed by atoms with E-state index in [2.05, 4.69) is 11.4 Å². The van der Waals surface area contributed by atoms with Gasteiger partial charge in [0.15, 0.2) is 0 Å². The molecule has 94 valence electrons. The normalized spacial score (nSPS) is 24.2. The first kappa shape index (κ1) is 12.6. The van der Waals surface area contributed by atoms with E-state index >= 15 is 0 Å². The predicted octanol–water partition coefficient (Wildman–Crippen LogP) is 1.59. The van der Waals surface area contributed by atoms with Gasteiger partial charge in [-0.15, -0.1) is 0 Å². The van der Waals surface area contributed by atoms with Crippen LogP contribution >= 0.6 is 0 Å². The monoisotopic (exact) mass is 244 g/mol. The molecule has 1 aliphatic rings. The smallest absolute Gasteiger partial charge is 0.242 e. The largest absolute Gasteiger partial charge is 0.379 e. The third kappa shape index (κ3) is 2.69. The van der Waals surface area contributed by atoms with E-state index in [0.717, 1.165) is 12.0 Å². The van der Waals surface area contributed by atoms with E-state index in [1.807, 2.05) is 25.1 Å². The third-order valence-corrected chi connectivity index (χ3v) is 3.17. The van der Waals surface area contributed by atoms with Gasteiger partial charge in [0.1, 0.15) is 5.92 Å². The number of benzene rings is 1. The number of nitrogens with zero attached hydrogens (tertiary/aromatic N) is 1. The summed E-state index contributed by atoms with van der Waals surface area (Å²) in [6.45, 7) is 3.10. The maximum absolute atomic E-state index is 12.1. The average Bonchev–Trinajstić information content (AvgIpc) is 2.78. The molecule has 2 atom stereocenters. The van der Waals surface area contributed by atoms with E-state index in [0.29, 0.717) is 13.2 Å². The zero-order valence-electron chi connectivity index (χ0n) is 10.3. The summed E-state index contributed by atoms with van der Waals surface area (Å²) in [5.74, 6) is -1.01. The second-order valence-electron chi connectivity index (χ2n) is 4.83. The van der Waals surface area contributed by atoms with E-state index in [1.54, 1.807) is 12.1 Å². The zero-order chi connectivity index (χ0) is 13.0. The molecule has 0 spiro atoms. The lowest BCUT2D eigenvalue weighted by Crippen LogP contribution is -2.48. The predicted molar refractivity (Wildman–Crippen MR) is 66.8 cm³/mol.